The first-order valence-electron chi connectivity index (χ1n) is 4.11. The summed E-state index contributed by atoms with van der Waals surface area (Å²) in [5.41, 5.74) is 9.24. The molecule has 0 saturated carbocycles. The molecule has 0 aromatic rings. The van der Waals surface area contributed by atoms with E-state index >= 15 is 0 Å². The molecule has 4 atom stereocenters. The number of nitrogens with two attached hydrogens (primary N) is 2. The van der Waals surface area contributed by atoms with Gasteiger partial charge in [0, 0.05) is 21.1 Å². The molecule has 9 N–H and O–H groups in total. The first-order valence-corrected chi connectivity index (χ1v) is 4.52. The summed E-state index contributed by atoms with van der Waals surface area (Å²) in [5.74, 6) is 0. The zero-order valence-electron chi connectivity index (χ0n) is 8.62. The smallest absolute Gasteiger partial charge is 0.160 e. The Morgan fingerprint density at radius 3 is 1.76 bits per heavy atom. The first kappa shape index (κ1) is 22.1. The minimum atomic E-state index is -1.79. The number of aldehydes is 1. The van der Waals surface area contributed by atoms with Gasteiger partial charge in [-0.05, 0) is 12.2 Å². The van der Waals surface area contributed by atoms with E-state index in [0.717, 1.165) is 0 Å². The summed E-state index contributed by atoms with van der Waals surface area (Å²) in [5, 5.41) is 43.5. The normalized spacial score (nSPS) is 16.3. The van der Waals surface area contributed by atoms with Gasteiger partial charge >= 0.3 is 0 Å². The standard InChI is InChI=1S/C6H12O6.CH4N2S.Pt/c7-1-3(9)5(11)6(12)4(10)2-8;2-1(3)4;/h1,3-6,8-12H,2H2;(H4,2,3,4);. The number of aliphatic hydroxyl groups is 5. The van der Waals surface area contributed by atoms with Crippen LogP contribution in [0.25, 0.3) is 0 Å². The third-order valence-electron chi connectivity index (χ3n) is 1.42. The van der Waals surface area contributed by atoms with Crippen molar-refractivity contribution >= 4 is 23.6 Å². The van der Waals surface area contributed by atoms with Crippen LogP contribution in [-0.2, 0) is 25.9 Å². The number of aliphatic hydroxyl groups excluding tert-OH is 5. The van der Waals surface area contributed by atoms with Crippen LogP contribution in [0.2, 0.25) is 0 Å². The zero-order chi connectivity index (χ0) is 13.3. The van der Waals surface area contributed by atoms with E-state index < -0.39 is 31.0 Å². The van der Waals surface area contributed by atoms with Crippen LogP contribution in [0.15, 0.2) is 0 Å². The zero-order valence-corrected chi connectivity index (χ0v) is 11.7. The molecule has 17 heavy (non-hydrogen) atoms. The fourth-order valence-electron chi connectivity index (χ4n) is 0.618. The van der Waals surface area contributed by atoms with E-state index in [0.29, 0.717) is 0 Å². The van der Waals surface area contributed by atoms with Crippen molar-refractivity contribution in [2.45, 2.75) is 24.4 Å². The van der Waals surface area contributed by atoms with Crippen molar-refractivity contribution in [2.75, 3.05) is 6.61 Å². The first-order chi connectivity index (χ1) is 7.27. The van der Waals surface area contributed by atoms with Crippen LogP contribution >= 0.6 is 12.2 Å². The fraction of sp³-hybridized carbons (Fsp3) is 0.714. The number of rotatable bonds is 5. The van der Waals surface area contributed by atoms with Gasteiger partial charge in [-0.3, -0.25) is 0 Å². The molecule has 0 aliphatic heterocycles. The molecule has 0 rings (SSSR count). The molecule has 0 saturated heterocycles. The van der Waals surface area contributed by atoms with Crippen LogP contribution in [0.4, 0.5) is 0 Å². The molecule has 10 heteroatoms. The Morgan fingerprint density at radius 2 is 1.53 bits per heavy atom. The van der Waals surface area contributed by atoms with Crippen LogP contribution < -0.4 is 11.5 Å². The van der Waals surface area contributed by atoms with Crippen molar-refractivity contribution in [2.24, 2.45) is 11.5 Å². The predicted octanol–water partition coefficient (Wildman–Crippen LogP) is -4.19. The Bertz CT molecular complexity index is 219. The fourth-order valence-corrected chi connectivity index (χ4v) is 0.618. The molecular formula is C7H16N2O6PtS. The van der Waals surface area contributed by atoms with E-state index in [4.69, 9.17) is 25.5 Å². The van der Waals surface area contributed by atoms with Gasteiger partial charge in [0.25, 0.3) is 0 Å². The van der Waals surface area contributed by atoms with Crippen LogP contribution in [-0.4, -0.2) is 68.0 Å². The van der Waals surface area contributed by atoms with Gasteiger partial charge < -0.3 is 41.8 Å². The second kappa shape index (κ2) is 12.3. The Kier molecular flexibility index (Phi) is 16.0. The molecule has 0 radical (unpaired) electrons. The van der Waals surface area contributed by atoms with Gasteiger partial charge in [0.2, 0.25) is 0 Å². The Hall–Kier alpha value is -0.152. The van der Waals surface area contributed by atoms with Crippen LogP contribution in [0.1, 0.15) is 0 Å². The van der Waals surface area contributed by atoms with Gasteiger partial charge in [-0.2, -0.15) is 0 Å². The molecule has 0 amide bonds. The average Bonchev–Trinajstić information content (AvgIpc) is 2.24. The van der Waals surface area contributed by atoms with Gasteiger partial charge in [0.15, 0.2) is 11.4 Å². The van der Waals surface area contributed by atoms with E-state index in [1.807, 2.05) is 0 Å². The molecule has 0 fully saturated rings. The summed E-state index contributed by atoms with van der Waals surface area (Å²) < 4.78 is 0. The summed E-state index contributed by atoms with van der Waals surface area (Å²) >= 11 is 4.09. The van der Waals surface area contributed by atoms with Crippen molar-refractivity contribution in [3.63, 3.8) is 0 Å². The number of hydrogen-bond donors (Lipinski definition) is 7. The van der Waals surface area contributed by atoms with E-state index in [9.17, 15) is 4.79 Å². The van der Waals surface area contributed by atoms with E-state index in [1.54, 1.807) is 0 Å². The van der Waals surface area contributed by atoms with Crippen molar-refractivity contribution in [3.8, 4) is 0 Å². The number of hydrogen-bond acceptors (Lipinski definition) is 7. The largest absolute Gasteiger partial charge is 0.394 e. The minimum absolute atomic E-state index is 0. The molecule has 4 unspecified atom stereocenters. The van der Waals surface area contributed by atoms with Crippen molar-refractivity contribution < 1.29 is 51.4 Å². The topological polar surface area (TPSA) is 170 Å². The molecule has 0 aromatic carbocycles. The van der Waals surface area contributed by atoms with Gasteiger partial charge in [0.05, 0.1) is 6.61 Å². The Morgan fingerprint density at radius 1 is 1.18 bits per heavy atom. The summed E-state index contributed by atoms with van der Waals surface area (Å²) in [4.78, 5) is 9.90. The molecule has 0 heterocycles. The summed E-state index contributed by atoms with van der Waals surface area (Å²) in [6.07, 6.45) is -6.84. The molecule has 0 aromatic heterocycles. The van der Waals surface area contributed by atoms with Gasteiger partial charge in [-0.15, -0.1) is 0 Å². The van der Waals surface area contributed by atoms with E-state index in [1.165, 1.54) is 0 Å². The number of carbonyl (C=O) groups excluding carboxylic acids is 1. The van der Waals surface area contributed by atoms with E-state index in [2.05, 4.69) is 23.7 Å². The van der Waals surface area contributed by atoms with Crippen LogP contribution in [0, 0.1) is 0 Å². The maximum Gasteiger partial charge on any atom is 0.160 e. The van der Waals surface area contributed by atoms with Crippen LogP contribution in [0.3, 0.4) is 0 Å². The van der Waals surface area contributed by atoms with Crippen molar-refractivity contribution in [3.05, 3.63) is 0 Å². The van der Waals surface area contributed by atoms with Crippen molar-refractivity contribution in [1.29, 1.82) is 0 Å². The van der Waals surface area contributed by atoms with Crippen LogP contribution in [0.5, 0.6) is 0 Å². The minimum Gasteiger partial charge on any atom is -0.394 e. The maximum atomic E-state index is 9.90. The number of thiocarbonyl (C=S) groups is 1. The van der Waals surface area contributed by atoms with Gasteiger partial charge in [-0.25, -0.2) is 0 Å². The SMILES string of the molecule is NC(N)=S.O=CC(O)C(O)C(O)C(O)CO.[Pt]. The molecule has 0 aliphatic carbocycles. The summed E-state index contributed by atoms with van der Waals surface area (Å²) in [6.45, 7) is -0.760. The molecule has 106 valence electrons. The van der Waals surface area contributed by atoms with E-state index in [-0.39, 0.29) is 32.5 Å². The molecule has 0 bridgehead atoms. The molecule has 8 nitrogen and oxygen atoms in total. The van der Waals surface area contributed by atoms with Gasteiger partial charge in [0.1, 0.15) is 24.4 Å². The predicted molar refractivity (Wildman–Crippen MR) is 58.1 cm³/mol. The second-order valence-electron chi connectivity index (χ2n) is 2.76. The number of carbonyl (C=O) groups is 1. The average molecular weight is 451 g/mol. The Balaban J connectivity index is -0.000000340. The third-order valence-corrected chi connectivity index (χ3v) is 1.42. The maximum absolute atomic E-state index is 9.90. The summed E-state index contributed by atoms with van der Waals surface area (Å²) in [7, 11) is 0. The second-order valence-corrected chi connectivity index (χ2v) is 3.23. The molecular weight excluding hydrogens is 435 g/mol. The quantitative estimate of drug-likeness (QED) is 0.162. The third kappa shape index (κ3) is 12.1. The van der Waals surface area contributed by atoms with Crippen molar-refractivity contribution in [1.82, 2.24) is 0 Å². The monoisotopic (exact) mass is 451 g/mol. The Labute approximate surface area is 117 Å². The molecule has 0 spiro atoms. The molecule has 0 aliphatic rings. The van der Waals surface area contributed by atoms with Gasteiger partial charge in [-0.1, -0.05) is 0 Å². The summed E-state index contributed by atoms with van der Waals surface area (Å²) in [6, 6.07) is 0.